The van der Waals surface area contributed by atoms with Gasteiger partial charge in [-0.15, -0.1) is 0 Å². The van der Waals surface area contributed by atoms with Crippen LogP contribution in [0.2, 0.25) is 0 Å². The lowest BCUT2D eigenvalue weighted by Crippen LogP contribution is -2.20. The highest BCUT2D eigenvalue weighted by atomic mass is 79.9. The highest BCUT2D eigenvalue weighted by molar-refractivity contribution is 9.10. The summed E-state index contributed by atoms with van der Waals surface area (Å²) < 4.78 is 14.0. The van der Waals surface area contributed by atoms with Crippen molar-refractivity contribution in [1.29, 1.82) is 0 Å². The number of hydrogen-bond donors (Lipinski definition) is 0. The van der Waals surface area contributed by atoms with Gasteiger partial charge in [0.05, 0.1) is 28.1 Å². The number of ether oxygens (including phenoxy) is 1. The number of furan rings is 1. The van der Waals surface area contributed by atoms with Gasteiger partial charge in [-0.1, -0.05) is 35.0 Å². The molecule has 3 aromatic carbocycles. The van der Waals surface area contributed by atoms with Crippen LogP contribution in [0.25, 0.3) is 33.5 Å². The minimum absolute atomic E-state index is 0.120. The Kier molecular flexibility index (Phi) is 6.58. The van der Waals surface area contributed by atoms with Gasteiger partial charge < -0.3 is 9.15 Å². The van der Waals surface area contributed by atoms with Crippen LogP contribution in [0.5, 0.6) is 5.75 Å². The number of nitro groups is 1. The first-order valence-electron chi connectivity index (χ1n) is 11.5. The van der Waals surface area contributed by atoms with Gasteiger partial charge in [0, 0.05) is 27.6 Å². The summed E-state index contributed by atoms with van der Waals surface area (Å²) in [5.74, 6) is 0.964. The van der Waals surface area contributed by atoms with Crippen molar-refractivity contribution in [2.75, 3.05) is 0 Å². The van der Waals surface area contributed by atoms with E-state index in [1.54, 1.807) is 30.3 Å². The third kappa shape index (κ3) is 4.88. The van der Waals surface area contributed by atoms with E-state index >= 15 is 0 Å². The van der Waals surface area contributed by atoms with E-state index in [-0.39, 0.29) is 17.6 Å². The molecule has 37 heavy (non-hydrogen) atoms. The number of nitro benzene ring substituents is 1. The monoisotopic (exact) mass is 560 g/mol. The molecule has 0 aliphatic carbocycles. The average Bonchev–Trinajstić information content (AvgIpc) is 3.31. The zero-order valence-electron chi connectivity index (χ0n) is 19.9. The molecule has 5 rings (SSSR count). The van der Waals surface area contributed by atoms with Crippen molar-refractivity contribution in [2.24, 2.45) is 5.10 Å². The number of aromatic nitrogens is 2. The fourth-order valence-corrected chi connectivity index (χ4v) is 4.17. The van der Waals surface area contributed by atoms with E-state index in [4.69, 9.17) is 9.15 Å². The molecule has 0 spiro atoms. The van der Waals surface area contributed by atoms with E-state index in [9.17, 15) is 14.9 Å². The van der Waals surface area contributed by atoms with Crippen LogP contribution in [-0.2, 0) is 0 Å². The Hall–Kier alpha value is -4.31. The molecule has 0 aliphatic rings. The summed E-state index contributed by atoms with van der Waals surface area (Å²) in [5, 5.41) is 17.0. The number of para-hydroxylation sites is 1. The predicted octanol–water partition coefficient (Wildman–Crippen LogP) is 6.54. The normalized spacial score (nSPS) is 12.4. The second-order valence-corrected chi connectivity index (χ2v) is 9.34. The lowest BCUT2D eigenvalue weighted by Gasteiger charge is -2.14. The molecule has 2 aromatic heterocycles. The Morgan fingerprint density at radius 1 is 1.19 bits per heavy atom. The zero-order chi connectivity index (χ0) is 26.1. The van der Waals surface area contributed by atoms with Gasteiger partial charge in [0.2, 0.25) is 5.82 Å². The Labute approximate surface area is 219 Å². The van der Waals surface area contributed by atoms with Gasteiger partial charge in [-0.25, -0.2) is 4.98 Å². The largest absolute Gasteiger partial charge is 0.490 e. The van der Waals surface area contributed by atoms with Gasteiger partial charge in [0.1, 0.15) is 11.3 Å². The van der Waals surface area contributed by atoms with Crippen LogP contribution < -0.4 is 10.3 Å². The lowest BCUT2D eigenvalue weighted by atomic mass is 10.2. The van der Waals surface area contributed by atoms with Crippen LogP contribution >= 0.6 is 15.9 Å². The standard InChI is InChI=1S/C27H21BrN4O5/c1-3-16(2)36-24-11-9-20(32(34)35)13-18(24)15-29-31-26(30-22-7-5-4-6-21(22)27(31)33)25-14-17-12-19(28)8-10-23(17)37-25/h4-16H,3H2,1-2H3/t16-/m0/s1. The second kappa shape index (κ2) is 9.98. The predicted molar refractivity (Wildman–Crippen MR) is 145 cm³/mol. The molecule has 2 heterocycles. The maximum absolute atomic E-state index is 13.5. The summed E-state index contributed by atoms with van der Waals surface area (Å²) in [6, 6.07) is 18.6. The summed E-state index contributed by atoms with van der Waals surface area (Å²) in [6.45, 7) is 3.88. The molecule has 186 valence electrons. The summed E-state index contributed by atoms with van der Waals surface area (Å²) >= 11 is 3.46. The van der Waals surface area contributed by atoms with Gasteiger partial charge >= 0.3 is 0 Å². The maximum Gasteiger partial charge on any atom is 0.282 e. The van der Waals surface area contributed by atoms with E-state index in [1.165, 1.54) is 24.4 Å². The van der Waals surface area contributed by atoms with E-state index in [1.807, 2.05) is 32.0 Å². The Balaban J connectivity index is 1.70. The third-order valence-electron chi connectivity index (χ3n) is 5.87. The molecule has 0 fully saturated rings. The lowest BCUT2D eigenvalue weighted by molar-refractivity contribution is -0.384. The van der Waals surface area contributed by atoms with Crippen molar-refractivity contribution in [2.45, 2.75) is 26.4 Å². The number of rotatable bonds is 7. The Morgan fingerprint density at radius 3 is 2.78 bits per heavy atom. The van der Waals surface area contributed by atoms with Gasteiger partial charge in [-0.05, 0) is 55.8 Å². The van der Waals surface area contributed by atoms with Crippen LogP contribution in [0.15, 0.2) is 85.5 Å². The highest BCUT2D eigenvalue weighted by Crippen LogP contribution is 2.30. The third-order valence-corrected chi connectivity index (χ3v) is 6.37. The molecule has 0 unspecified atom stereocenters. The Bertz CT molecular complexity index is 1740. The SMILES string of the molecule is CC[C@H](C)Oc1ccc([N+](=O)[O-])cc1C=Nn1c(-c2cc3cc(Br)ccc3o2)nc2ccccc2c1=O. The first-order valence-corrected chi connectivity index (χ1v) is 12.3. The van der Waals surface area contributed by atoms with Crippen LogP contribution in [0, 0.1) is 10.1 Å². The molecule has 10 heteroatoms. The van der Waals surface area contributed by atoms with Crippen molar-refractivity contribution < 1.29 is 14.1 Å². The number of nitrogens with zero attached hydrogens (tertiary/aromatic N) is 4. The molecule has 0 bridgehead atoms. The molecule has 0 radical (unpaired) electrons. The zero-order valence-corrected chi connectivity index (χ0v) is 21.5. The number of non-ortho nitro benzene ring substituents is 1. The van der Waals surface area contributed by atoms with Gasteiger partial charge in [-0.3, -0.25) is 14.9 Å². The molecule has 5 aromatic rings. The minimum atomic E-state index is -0.494. The molecular formula is C27H21BrN4O5. The smallest absolute Gasteiger partial charge is 0.282 e. The second-order valence-electron chi connectivity index (χ2n) is 8.42. The molecule has 0 aliphatic heterocycles. The van der Waals surface area contributed by atoms with E-state index in [0.29, 0.717) is 33.6 Å². The van der Waals surface area contributed by atoms with Crippen LogP contribution in [0.4, 0.5) is 5.69 Å². The fourth-order valence-electron chi connectivity index (χ4n) is 3.79. The van der Waals surface area contributed by atoms with Gasteiger partial charge in [0.25, 0.3) is 11.2 Å². The van der Waals surface area contributed by atoms with Crippen molar-refractivity contribution in [3.8, 4) is 17.3 Å². The van der Waals surface area contributed by atoms with E-state index in [2.05, 4.69) is 26.0 Å². The summed E-state index contributed by atoms with van der Waals surface area (Å²) in [7, 11) is 0. The number of benzene rings is 3. The van der Waals surface area contributed by atoms with Crippen LogP contribution in [0.1, 0.15) is 25.8 Å². The molecule has 9 nitrogen and oxygen atoms in total. The van der Waals surface area contributed by atoms with E-state index < -0.39 is 10.5 Å². The fraction of sp³-hybridized carbons (Fsp3) is 0.148. The van der Waals surface area contributed by atoms with Gasteiger partial charge in [0.15, 0.2) is 5.76 Å². The number of hydrogen-bond acceptors (Lipinski definition) is 7. The van der Waals surface area contributed by atoms with Crippen molar-refractivity contribution >= 4 is 49.7 Å². The average molecular weight is 561 g/mol. The Morgan fingerprint density at radius 2 is 2.00 bits per heavy atom. The summed E-state index contributed by atoms with van der Waals surface area (Å²) in [5.41, 5.74) is 0.943. The van der Waals surface area contributed by atoms with Crippen LogP contribution in [-0.4, -0.2) is 26.9 Å². The summed E-state index contributed by atoms with van der Waals surface area (Å²) in [6.07, 6.45) is 1.99. The number of halogens is 1. The minimum Gasteiger partial charge on any atom is -0.490 e. The van der Waals surface area contributed by atoms with Crippen molar-refractivity contribution in [3.05, 3.63) is 97.2 Å². The quantitative estimate of drug-likeness (QED) is 0.127. The maximum atomic E-state index is 13.5. The molecule has 0 saturated heterocycles. The topological polar surface area (TPSA) is 113 Å². The van der Waals surface area contributed by atoms with Gasteiger partial charge in [-0.2, -0.15) is 9.78 Å². The number of fused-ring (bicyclic) bond motifs is 2. The molecule has 1 atom stereocenters. The molecular weight excluding hydrogens is 540 g/mol. The first-order chi connectivity index (χ1) is 17.8. The van der Waals surface area contributed by atoms with Crippen molar-refractivity contribution in [1.82, 2.24) is 9.66 Å². The first kappa shape index (κ1) is 24.4. The van der Waals surface area contributed by atoms with E-state index in [0.717, 1.165) is 21.0 Å². The molecule has 0 N–H and O–H groups in total. The highest BCUT2D eigenvalue weighted by Gasteiger charge is 2.18. The van der Waals surface area contributed by atoms with Crippen molar-refractivity contribution in [3.63, 3.8) is 0 Å². The molecule has 0 saturated carbocycles. The van der Waals surface area contributed by atoms with Crippen LogP contribution in [0.3, 0.4) is 0 Å². The molecule has 0 amide bonds. The summed E-state index contributed by atoms with van der Waals surface area (Å²) in [4.78, 5) is 29.1.